The van der Waals surface area contributed by atoms with Crippen LogP contribution < -0.4 is 16.1 Å². The average molecular weight is 421 g/mol. The molecule has 3 aliphatic rings. The highest BCUT2D eigenvalue weighted by atomic mass is 19.3. The van der Waals surface area contributed by atoms with Gasteiger partial charge in [0.25, 0.3) is 11.5 Å². The van der Waals surface area contributed by atoms with Crippen molar-refractivity contribution in [2.75, 3.05) is 18.0 Å². The number of aliphatic hydroxyl groups is 1. The van der Waals surface area contributed by atoms with Crippen molar-refractivity contribution in [2.45, 2.75) is 50.7 Å². The number of nitrogens with one attached hydrogen (secondary N) is 1. The lowest BCUT2D eigenvalue weighted by Gasteiger charge is -2.27. The van der Waals surface area contributed by atoms with E-state index >= 15 is 4.39 Å². The Morgan fingerprint density at radius 2 is 2.00 bits per heavy atom. The van der Waals surface area contributed by atoms with Crippen LogP contribution >= 0.6 is 0 Å². The lowest BCUT2D eigenvalue weighted by Crippen LogP contribution is -2.40. The molecule has 0 radical (unpaired) electrons. The Balaban J connectivity index is 1.66. The summed E-state index contributed by atoms with van der Waals surface area (Å²) in [5.41, 5.74) is 0.494. The van der Waals surface area contributed by atoms with Crippen LogP contribution in [0.1, 0.15) is 37.3 Å². The Bertz CT molecular complexity index is 1200. The van der Waals surface area contributed by atoms with Gasteiger partial charge < -0.3 is 10.0 Å². The highest BCUT2D eigenvalue weighted by molar-refractivity contribution is 5.87. The van der Waals surface area contributed by atoms with E-state index in [0.29, 0.717) is 16.7 Å². The molecule has 160 valence electrons. The number of aromatic amines is 1. The van der Waals surface area contributed by atoms with Gasteiger partial charge in [0.1, 0.15) is 11.9 Å². The molecule has 1 aromatic carbocycles. The summed E-state index contributed by atoms with van der Waals surface area (Å²) in [5.74, 6) is -4.64. The Hall–Kier alpha value is -2.55. The van der Waals surface area contributed by atoms with Gasteiger partial charge in [0.15, 0.2) is 0 Å². The molecule has 2 aromatic rings. The molecule has 30 heavy (non-hydrogen) atoms. The van der Waals surface area contributed by atoms with Gasteiger partial charge in [0.2, 0.25) is 0 Å². The number of rotatable bonds is 2. The summed E-state index contributed by atoms with van der Waals surface area (Å²) in [7, 11) is 0. The summed E-state index contributed by atoms with van der Waals surface area (Å²) < 4.78 is 45.0. The van der Waals surface area contributed by atoms with Crippen molar-refractivity contribution >= 4 is 16.6 Å². The van der Waals surface area contributed by atoms with Crippen molar-refractivity contribution in [1.82, 2.24) is 9.55 Å². The minimum atomic E-state index is -3.20. The van der Waals surface area contributed by atoms with E-state index in [1.807, 2.05) is 0 Å². The van der Waals surface area contributed by atoms with Gasteiger partial charge in [-0.05, 0) is 37.8 Å². The van der Waals surface area contributed by atoms with Gasteiger partial charge in [0, 0.05) is 37.0 Å². The van der Waals surface area contributed by atoms with Gasteiger partial charge in [-0.25, -0.2) is 18.0 Å². The summed E-state index contributed by atoms with van der Waals surface area (Å²) in [6, 6.07) is 1.07. The molecule has 2 unspecified atom stereocenters. The first-order valence-corrected chi connectivity index (χ1v) is 10.2. The molecule has 0 amide bonds. The van der Waals surface area contributed by atoms with Crippen molar-refractivity contribution in [3.05, 3.63) is 49.9 Å². The second-order valence-corrected chi connectivity index (χ2v) is 8.60. The van der Waals surface area contributed by atoms with Crippen LogP contribution in [0, 0.1) is 18.7 Å². The molecule has 2 heterocycles. The van der Waals surface area contributed by atoms with Gasteiger partial charge in [-0.3, -0.25) is 14.3 Å². The molecule has 2 fully saturated rings. The van der Waals surface area contributed by atoms with Crippen LogP contribution in [0.2, 0.25) is 0 Å². The van der Waals surface area contributed by atoms with E-state index < -0.39 is 41.4 Å². The van der Waals surface area contributed by atoms with Crippen LogP contribution in [0.25, 0.3) is 10.9 Å². The van der Waals surface area contributed by atoms with Crippen molar-refractivity contribution in [3.63, 3.8) is 0 Å². The van der Waals surface area contributed by atoms with E-state index in [9.17, 15) is 23.5 Å². The zero-order valence-corrected chi connectivity index (χ0v) is 16.4. The number of hydrogen-bond acceptors (Lipinski definition) is 4. The Labute approximate surface area is 169 Å². The van der Waals surface area contributed by atoms with Gasteiger partial charge in [-0.15, -0.1) is 0 Å². The third-order valence-corrected chi connectivity index (χ3v) is 6.58. The lowest BCUT2D eigenvalue weighted by molar-refractivity contribution is -0.124. The van der Waals surface area contributed by atoms with Crippen LogP contribution in [0.5, 0.6) is 0 Å². The number of H-pyrrole nitrogens is 1. The zero-order valence-electron chi connectivity index (χ0n) is 16.4. The number of benzene rings is 1. The second-order valence-electron chi connectivity index (χ2n) is 8.60. The number of hydrogen-bond donors (Lipinski definition) is 2. The number of aryl methyl sites for hydroxylation is 1. The molecule has 9 heteroatoms. The monoisotopic (exact) mass is 421 g/mol. The van der Waals surface area contributed by atoms with Gasteiger partial charge in [-0.1, -0.05) is 6.08 Å². The molecule has 0 bridgehead atoms. The predicted molar refractivity (Wildman–Crippen MR) is 106 cm³/mol. The predicted octanol–water partition coefficient (Wildman–Crippen LogP) is 2.62. The molecule has 1 saturated carbocycles. The Morgan fingerprint density at radius 3 is 2.70 bits per heavy atom. The first-order chi connectivity index (χ1) is 14.2. The summed E-state index contributed by atoms with van der Waals surface area (Å²) in [6.07, 6.45) is 1.23. The van der Waals surface area contributed by atoms with Crippen molar-refractivity contribution in [2.24, 2.45) is 5.92 Å². The maximum Gasteiger partial charge on any atom is 0.329 e. The number of alkyl halides is 2. The van der Waals surface area contributed by atoms with Crippen molar-refractivity contribution in [1.29, 1.82) is 0 Å². The number of aliphatic hydroxyl groups excluding tert-OH is 1. The molecule has 1 saturated heterocycles. The number of aromatic nitrogens is 2. The van der Waals surface area contributed by atoms with E-state index in [4.69, 9.17) is 0 Å². The number of allylic oxidation sites excluding steroid dienone is 1. The molecule has 1 aromatic heterocycles. The van der Waals surface area contributed by atoms with Gasteiger partial charge in [0.05, 0.1) is 16.6 Å². The average Bonchev–Trinajstić information content (AvgIpc) is 3.43. The van der Waals surface area contributed by atoms with E-state index in [-0.39, 0.29) is 36.6 Å². The molecule has 5 rings (SSSR count). The van der Waals surface area contributed by atoms with Crippen LogP contribution in [0.15, 0.2) is 27.3 Å². The van der Waals surface area contributed by atoms with E-state index in [0.717, 1.165) is 18.9 Å². The molecule has 2 N–H and O–H groups in total. The summed E-state index contributed by atoms with van der Waals surface area (Å²) >= 11 is 0. The number of fused-ring (bicyclic) bond motifs is 2. The molecule has 1 aliphatic heterocycles. The number of anilines is 1. The fraction of sp³-hybridized carbons (Fsp3) is 0.524. The minimum absolute atomic E-state index is 0.0400. The van der Waals surface area contributed by atoms with Gasteiger partial charge in [-0.2, -0.15) is 0 Å². The largest absolute Gasteiger partial charge is 0.386 e. The van der Waals surface area contributed by atoms with E-state index in [1.165, 1.54) is 4.57 Å². The topological polar surface area (TPSA) is 78.3 Å². The number of nitrogens with zero attached hydrogens (tertiary/aromatic N) is 2. The third kappa shape index (κ3) is 2.82. The first-order valence-electron chi connectivity index (χ1n) is 10.2. The molecular formula is C21H22F3N3O3. The van der Waals surface area contributed by atoms with Crippen molar-refractivity contribution < 1.29 is 18.3 Å². The van der Waals surface area contributed by atoms with Gasteiger partial charge >= 0.3 is 5.69 Å². The maximum absolute atomic E-state index is 15.2. The summed E-state index contributed by atoms with van der Waals surface area (Å²) in [6.45, 7) is 1.91. The second kappa shape index (κ2) is 6.47. The Morgan fingerprint density at radius 1 is 1.27 bits per heavy atom. The molecule has 0 spiro atoms. The quantitative estimate of drug-likeness (QED) is 0.731. The minimum Gasteiger partial charge on any atom is -0.386 e. The Kier molecular flexibility index (Phi) is 4.19. The lowest BCUT2D eigenvalue weighted by atomic mass is 9.94. The highest BCUT2D eigenvalue weighted by Gasteiger charge is 2.48. The normalized spacial score (nSPS) is 25.9. The molecular weight excluding hydrogens is 399 g/mol. The van der Waals surface area contributed by atoms with Crippen LogP contribution in [-0.2, 0) is 0 Å². The van der Waals surface area contributed by atoms with E-state index in [1.54, 1.807) is 17.9 Å². The van der Waals surface area contributed by atoms with Crippen LogP contribution in [0.4, 0.5) is 18.9 Å². The molecule has 2 atom stereocenters. The standard InChI is InChI=1S/C21H22F3N3O3/c1-10-16-13(19(29)25-20(30)27(16)12-4-5-12)7-15(22)17(10)26-8-11-3-2-6-21(23,24)18(28)14(11)9-26/h3,7,12,14,18,28H,2,4-6,8-9H2,1H3,(H,25,29,30). The first kappa shape index (κ1) is 19.4. The maximum atomic E-state index is 15.2. The smallest absolute Gasteiger partial charge is 0.329 e. The summed E-state index contributed by atoms with van der Waals surface area (Å²) in [5, 5.41) is 10.4. The SMILES string of the molecule is Cc1c(N2CC3=CCCC(F)(F)C(O)C3C2)c(F)cc2c(=O)[nH]c(=O)n(C3CC3)c12. The fourth-order valence-electron chi connectivity index (χ4n) is 4.97. The highest BCUT2D eigenvalue weighted by Crippen LogP contribution is 2.43. The van der Waals surface area contributed by atoms with Crippen LogP contribution in [0.3, 0.4) is 0 Å². The fourth-order valence-corrected chi connectivity index (χ4v) is 4.97. The molecule has 2 aliphatic carbocycles. The zero-order chi connectivity index (χ0) is 21.4. The van der Waals surface area contributed by atoms with Crippen molar-refractivity contribution in [3.8, 4) is 0 Å². The van der Waals surface area contributed by atoms with E-state index in [2.05, 4.69) is 4.98 Å². The number of halogens is 3. The van der Waals surface area contributed by atoms with Crippen LogP contribution in [-0.4, -0.2) is 39.8 Å². The summed E-state index contributed by atoms with van der Waals surface area (Å²) in [4.78, 5) is 28.6. The third-order valence-electron chi connectivity index (χ3n) is 6.58. The molecule has 6 nitrogen and oxygen atoms in total.